The molecule has 1 aromatic carbocycles. The summed E-state index contributed by atoms with van der Waals surface area (Å²) in [5.41, 5.74) is -0.0997. The molecule has 0 spiro atoms. The van der Waals surface area contributed by atoms with E-state index < -0.39 is 27.8 Å². The van der Waals surface area contributed by atoms with Gasteiger partial charge in [0.15, 0.2) is 0 Å². The quantitative estimate of drug-likeness (QED) is 0.645. The zero-order valence-corrected chi connectivity index (χ0v) is 16.9. The number of rotatable bonds is 9. The average Bonchev–Trinajstić information content (AvgIpc) is 3.09. The first-order valence-electron chi connectivity index (χ1n) is 8.97. The smallest absolute Gasteiger partial charge is 0.243 e. The molecule has 1 atom stereocenters. The van der Waals surface area contributed by atoms with E-state index in [1.807, 2.05) is 11.8 Å². The van der Waals surface area contributed by atoms with Crippen LogP contribution in [0.5, 0.6) is 0 Å². The minimum atomic E-state index is -3.81. The van der Waals surface area contributed by atoms with Crippen LogP contribution in [0, 0.1) is 5.82 Å². The molecule has 0 saturated heterocycles. The van der Waals surface area contributed by atoms with Crippen molar-refractivity contribution in [2.75, 3.05) is 22.9 Å². The molecule has 1 saturated carbocycles. The highest BCUT2D eigenvalue weighted by Gasteiger charge is 2.32. The number of hydrogen-bond donors (Lipinski definition) is 1. The highest BCUT2D eigenvalue weighted by atomic mass is 32.2. The van der Waals surface area contributed by atoms with Gasteiger partial charge in [-0.2, -0.15) is 11.8 Å². The van der Waals surface area contributed by atoms with Crippen molar-refractivity contribution in [1.29, 1.82) is 0 Å². The van der Waals surface area contributed by atoms with Gasteiger partial charge < -0.3 is 5.32 Å². The van der Waals surface area contributed by atoms with Crippen molar-refractivity contribution < 1.29 is 17.6 Å². The molecular weight excluding hydrogens is 375 g/mol. The van der Waals surface area contributed by atoms with Crippen molar-refractivity contribution >= 4 is 33.4 Å². The Labute approximate surface area is 159 Å². The third kappa shape index (κ3) is 5.61. The van der Waals surface area contributed by atoms with E-state index in [4.69, 9.17) is 0 Å². The molecule has 0 aromatic heterocycles. The molecule has 1 amide bonds. The summed E-state index contributed by atoms with van der Waals surface area (Å²) in [6.45, 7) is 2.20. The Morgan fingerprint density at radius 1 is 1.35 bits per heavy atom. The van der Waals surface area contributed by atoms with E-state index in [0.29, 0.717) is 11.8 Å². The Morgan fingerprint density at radius 3 is 2.58 bits per heavy atom. The molecule has 8 heteroatoms. The number of para-hydroxylation sites is 1. The van der Waals surface area contributed by atoms with Gasteiger partial charge in [0.1, 0.15) is 11.9 Å². The lowest BCUT2D eigenvalue weighted by Crippen LogP contribution is -2.50. The summed E-state index contributed by atoms with van der Waals surface area (Å²) in [5.74, 6) is -0.264. The van der Waals surface area contributed by atoms with E-state index in [1.165, 1.54) is 43.9 Å². The van der Waals surface area contributed by atoms with E-state index in [0.717, 1.165) is 16.3 Å². The molecule has 2 rings (SSSR count). The van der Waals surface area contributed by atoms with Crippen LogP contribution in [0.15, 0.2) is 24.3 Å². The number of sulfonamides is 1. The Kier molecular flexibility index (Phi) is 7.76. The molecule has 5 nitrogen and oxygen atoms in total. The van der Waals surface area contributed by atoms with Gasteiger partial charge in [0.2, 0.25) is 15.9 Å². The van der Waals surface area contributed by atoms with Gasteiger partial charge in [0.25, 0.3) is 0 Å². The topological polar surface area (TPSA) is 66.5 Å². The van der Waals surface area contributed by atoms with Crippen LogP contribution in [0.3, 0.4) is 0 Å². The van der Waals surface area contributed by atoms with Gasteiger partial charge in [-0.25, -0.2) is 12.8 Å². The van der Waals surface area contributed by atoms with E-state index in [-0.39, 0.29) is 12.1 Å². The first-order chi connectivity index (χ1) is 12.3. The number of nitrogens with zero attached hydrogens (tertiary/aromatic N) is 1. The molecular formula is C18H27FN2O3S2. The van der Waals surface area contributed by atoms with Crippen molar-refractivity contribution in [3.8, 4) is 0 Å². The lowest BCUT2D eigenvalue weighted by Gasteiger charge is -2.30. The Morgan fingerprint density at radius 2 is 2.00 bits per heavy atom. The number of carbonyl (C=O) groups excluding carboxylic acids is 1. The summed E-state index contributed by atoms with van der Waals surface area (Å²) in [7, 11) is -3.81. The lowest BCUT2D eigenvalue weighted by atomic mass is 10.2. The molecule has 1 N–H and O–H groups in total. The van der Waals surface area contributed by atoms with E-state index in [9.17, 15) is 17.6 Å². The predicted octanol–water partition coefficient (Wildman–Crippen LogP) is 3.16. The molecule has 1 unspecified atom stereocenters. The van der Waals surface area contributed by atoms with Crippen LogP contribution in [-0.4, -0.2) is 44.2 Å². The lowest BCUT2D eigenvalue weighted by molar-refractivity contribution is -0.122. The number of carbonyl (C=O) groups is 1. The summed E-state index contributed by atoms with van der Waals surface area (Å²) < 4.78 is 39.6. The second-order valence-electron chi connectivity index (χ2n) is 6.50. The van der Waals surface area contributed by atoms with Gasteiger partial charge in [-0.1, -0.05) is 31.9 Å². The summed E-state index contributed by atoms with van der Waals surface area (Å²) in [4.78, 5) is 12.6. The molecule has 1 aliphatic carbocycles. The summed E-state index contributed by atoms with van der Waals surface area (Å²) >= 11 is 1.85. The average molecular weight is 403 g/mol. The Hall–Kier alpha value is -1.28. The fourth-order valence-electron chi connectivity index (χ4n) is 3.24. The van der Waals surface area contributed by atoms with Gasteiger partial charge in [0, 0.05) is 17.5 Å². The fourth-order valence-corrected chi connectivity index (χ4v) is 5.67. The molecule has 1 aromatic rings. The molecule has 0 radical (unpaired) electrons. The van der Waals surface area contributed by atoms with Crippen LogP contribution in [0.2, 0.25) is 0 Å². The van der Waals surface area contributed by atoms with Crippen LogP contribution in [0.1, 0.15) is 39.0 Å². The van der Waals surface area contributed by atoms with Crippen LogP contribution in [-0.2, 0) is 14.8 Å². The normalized spacial score (nSPS) is 16.4. The maximum absolute atomic E-state index is 14.2. The minimum absolute atomic E-state index is 0.0997. The van der Waals surface area contributed by atoms with E-state index in [2.05, 4.69) is 5.32 Å². The van der Waals surface area contributed by atoms with Crippen LogP contribution >= 0.6 is 11.8 Å². The van der Waals surface area contributed by atoms with Crippen molar-refractivity contribution in [1.82, 2.24) is 5.32 Å². The Balaban J connectivity index is 2.04. The highest BCUT2D eigenvalue weighted by molar-refractivity contribution is 7.99. The number of benzene rings is 1. The van der Waals surface area contributed by atoms with Crippen molar-refractivity contribution in [2.24, 2.45) is 0 Å². The van der Waals surface area contributed by atoms with E-state index >= 15 is 0 Å². The third-order valence-electron chi connectivity index (χ3n) is 4.48. The molecule has 1 fully saturated rings. The maximum Gasteiger partial charge on any atom is 0.243 e. The van der Waals surface area contributed by atoms with Gasteiger partial charge >= 0.3 is 0 Å². The predicted molar refractivity (Wildman–Crippen MR) is 106 cm³/mol. The van der Waals surface area contributed by atoms with E-state index in [1.54, 1.807) is 13.0 Å². The second-order valence-corrected chi connectivity index (χ2v) is 9.77. The maximum atomic E-state index is 14.2. The van der Waals surface area contributed by atoms with Crippen LogP contribution < -0.4 is 9.62 Å². The van der Waals surface area contributed by atoms with Crippen LogP contribution in [0.25, 0.3) is 0 Å². The minimum Gasteiger partial charge on any atom is -0.353 e. The molecule has 0 aliphatic heterocycles. The first kappa shape index (κ1) is 21.0. The molecule has 146 valence electrons. The molecule has 1 aliphatic rings. The fraction of sp³-hybridized carbons (Fsp3) is 0.611. The van der Waals surface area contributed by atoms with Crippen molar-refractivity contribution in [3.05, 3.63) is 30.1 Å². The largest absolute Gasteiger partial charge is 0.353 e. The zero-order valence-electron chi connectivity index (χ0n) is 15.3. The van der Waals surface area contributed by atoms with Crippen molar-refractivity contribution in [2.45, 2.75) is 50.3 Å². The third-order valence-corrected chi connectivity index (χ3v) is 7.03. The number of thioether (sulfide) groups is 1. The zero-order chi connectivity index (χ0) is 19.2. The number of anilines is 1. The van der Waals surface area contributed by atoms with Gasteiger partial charge in [-0.05, 0) is 31.4 Å². The number of hydrogen-bond acceptors (Lipinski definition) is 4. The number of halogens is 1. The van der Waals surface area contributed by atoms with Gasteiger partial charge in [0.05, 0.1) is 11.9 Å². The van der Waals surface area contributed by atoms with Gasteiger partial charge in [-0.3, -0.25) is 9.10 Å². The number of nitrogens with one attached hydrogen (secondary N) is 1. The SMILES string of the molecule is CCC(C(=O)NCCSC1CCCC1)N(c1ccccc1F)S(C)(=O)=O. The standard InChI is InChI=1S/C18H27FN2O3S2/c1-3-16(18(22)20-12-13-25-14-8-4-5-9-14)21(26(2,23)24)17-11-7-6-10-15(17)19/h6-7,10-11,14,16H,3-5,8-9,12-13H2,1-2H3,(H,20,22). The van der Waals surface area contributed by atoms with Gasteiger partial charge in [-0.15, -0.1) is 0 Å². The molecule has 0 heterocycles. The van der Waals surface area contributed by atoms with Crippen LogP contribution in [0.4, 0.5) is 10.1 Å². The molecule has 26 heavy (non-hydrogen) atoms. The highest BCUT2D eigenvalue weighted by Crippen LogP contribution is 2.29. The monoisotopic (exact) mass is 402 g/mol. The molecule has 0 bridgehead atoms. The van der Waals surface area contributed by atoms with Crippen molar-refractivity contribution in [3.63, 3.8) is 0 Å². The second kappa shape index (κ2) is 9.60. The summed E-state index contributed by atoms with van der Waals surface area (Å²) in [6.07, 6.45) is 6.24. The summed E-state index contributed by atoms with van der Waals surface area (Å²) in [5, 5.41) is 3.48. The Bertz CT molecular complexity index is 706. The summed E-state index contributed by atoms with van der Waals surface area (Å²) in [6, 6.07) is 4.64. The number of amides is 1. The first-order valence-corrected chi connectivity index (χ1v) is 11.9.